The lowest BCUT2D eigenvalue weighted by Crippen LogP contribution is -2.49. The van der Waals surface area contributed by atoms with Crippen molar-refractivity contribution in [3.63, 3.8) is 0 Å². The largest absolute Gasteiger partial charge is 0.384 e. The first-order chi connectivity index (χ1) is 20.2. The standard InChI is InChI=1S/C29H29F2N5O5S2/c1-15(24-10-17(14-42-24)26(32)33)35-28(39)23-11-18(43(2,40)41)13-36(23)25(37)12-34-27(38)16-7-8-20-19-5-3-4-6-21(19)29(30,31)22(20)9-16/h3-10,14-15,18,23H,11-13H2,1-2H3,(H3,32,33)(H,34,38)(H,35,39)/t15-,18-,23+/m1/s1. The molecule has 1 saturated heterocycles. The van der Waals surface area contributed by atoms with E-state index in [4.69, 9.17) is 11.1 Å². The molecule has 0 radical (unpaired) electrons. The van der Waals surface area contributed by atoms with Crippen LogP contribution in [0.25, 0.3) is 11.1 Å². The number of likely N-dealkylation sites (tertiary alicyclic amines) is 1. The van der Waals surface area contributed by atoms with Gasteiger partial charge in [-0.25, -0.2) is 8.42 Å². The van der Waals surface area contributed by atoms with Gasteiger partial charge in [0.2, 0.25) is 11.8 Å². The molecule has 226 valence electrons. The lowest BCUT2D eigenvalue weighted by molar-refractivity contribution is -0.137. The van der Waals surface area contributed by atoms with Gasteiger partial charge < -0.3 is 21.3 Å². The topological polar surface area (TPSA) is 163 Å². The minimum Gasteiger partial charge on any atom is -0.384 e. The molecule has 5 rings (SSSR count). The van der Waals surface area contributed by atoms with Gasteiger partial charge in [0.1, 0.15) is 11.9 Å². The molecule has 1 aliphatic carbocycles. The van der Waals surface area contributed by atoms with Crippen LogP contribution in [0, 0.1) is 5.41 Å². The Morgan fingerprint density at radius 3 is 2.49 bits per heavy atom. The fraction of sp³-hybridized carbons (Fsp3) is 0.310. The van der Waals surface area contributed by atoms with Crippen molar-refractivity contribution in [2.45, 2.75) is 36.6 Å². The van der Waals surface area contributed by atoms with E-state index >= 15 is 8.78 Å². The van der Waals surface area contributed by atoms with Gasteiger partial charge >= 0.3 is 0 Å². The number of amidine groups is 1. The Labute approximate surface area is 250 Å². The number of sulfone groups is 1. The van der Waals surface area contributed by atoms with E-state index in [1.807, 2.05) is 0 Å². The number of halogens is 2. The zero-order chi connectivity index (χ0) is 31.3. The van der Waals surface area contributed by atoms with Crippen LogP contribution in [-0.4, -0.2) is 67.5 Å². The lowest BCUT2D eigenvalue weighted by Gasteiger charge is -2.25. The highest BCUT2D eigenvalue weighted by Crippen LogP contribution is 2.50. The second-order valence-electron chi connectivity index (χ2n) is 10.7. The van der Waals surface area contributed by atoms with Gasteiger partial charge in [0.05, 0.1) is 17.8 Å². The molecule has 43 heavy (non-hydrogen) atoms. The van der Waals surface area contributed by atoms with Crippen LogP contribution in [0.4, 0.5) is 8.78 Å². The van der Waals surface area contributed by atoms with E-state index in [0.717, 1.165) is 17.2 Å². The Bertz CT molecular complexity index is 1760. The van der Waals surface area contributed by atoms with Crippen molar-refractivity contribution in [3.8, 4) is 11.1 Å². The van der Waals surface area contributed by atoms with Gasteiger partial charge in [0, 0.05) is 45.3 Å². The smallest absolute Gasteiger partial charge is 0.299 e. The number of alkyl halides is 2. The van der Waals surface area contributed by atoms with Gasteiger partial charge in [-0.05, 0) is 42.7 Å². The van der Waals surface area contributed by atoms with E-state index in [0.29, 0.717) is 21.6 Å². The highest BCUT2D eigenvalue weighted by atomic mass is 32.2. The monoisotopic (exact) mass is 629 g/mol. The minimum atomic E-state index is -3.60. The summed E-state index contributed by atoms with van der Waals surface area (Å²) in [6.45, 7) is 0.897. The fourth-order valence-electron chi connectivity index (χ4n) is 5.41. The number of nitrogens with two attached hydrogens (primary N) is 1. The molecule has 3 amide bonds. The summed E-state index contributed by atoms with van der Waals surface area (Å²) in [4.78, 5) is 41.2. The Balaban J connectivity index is 1.28. The van der Waals surface area contributed by atoms with E-state index < -0.39 is 57.4 Å². The summed E-state index contributed by atoms with van der Waals surface area (Å²) in [6, 6.07) is 10.1. The first kappa shape index (κ1) is 30.3. The molecule has 0 unspecified atom stereocenters. The predicted molar refractivity (Wildman–Crippen MR) is 158 cm³/mol. The molecule has 1 aliphatic heterocycles. The highest BCUT2D eigenvalue weighted by Gasteiger charge is 2.45. The summed E-state index contributed by atoms with van der Waals surface area (Å²) in [5.41, 5.74) is 6.19. The first-order valence-electron chi connectivity index (χ1n) is 13.3. The number of benzene rings is 2. The molecule has 0 saturated carbocycles. The molecule has 3 aromatic rings. The molecule has 2 aromatic carbocycles. The van der Waals surface area contributed by atoms with E-state index in [1.165, 1.54) is 35.6 Å². The Morgan fingerprint density at radius 2 is 1.81 bits per heavy atom. The highest BCUT2D eigenvalue weighted by molar-refractivity contribution is 7.91. The molecule has 0 bridgehead atoms. The summed E-state index contributed by atoms with van der Waals surface area (Å²) in [5.74, 6) is -5.44. The molecule has 1 aromatic heterocycles. The quantitative estimate of drug-likeness (QED) is 0.221. The van der Waals surface area contributed by atoms with E-state index in [1.54, 1.807) is 30.5 Å². The van der Waals surface area contributed by atoms with Crippen molar-refractivity contribution in [1.82, 2.24) is 15.5 Å². The molecule has 14 heteroatoms. The molecule has 2 heterocycles. The Kier molecular flexibility index (Phi) is 7.86. The van der Waals surface area contributed by atoms with Gasteiger partial charge in [-0.1, -0.05) is 30.3 Å². The number of rotatable bonds is 8. The maximum absolute atomic E-state index is 15.1. The van der Waals surface area contributed by atoms with Crippen molar-refractivity contribution in [2.75, 3.05) is 19.3 Å². The number of nitrogen functional groups attached to an aromatic ring is 1. The van der Waals surface area contributed by atoms with Crippen LogP contribution in [0.3, 0.4) is 0 Å². The fourth-order valence-corrected chi connectivity index (χ4v) is 7.29. The van der Waals surface area contributed by atoms with Crippen LogP contribution in [0.1, 0.15) is 51.3 Å². The van der Waals surface area contributed by atoms with Gasteiger partial charge in [0.15, 0.2) is 9.84 Å². The summed E-state index contributed by atoms with van der Waals surface area (Å²) in [6.07, 6.45) is 0.905. The number of nitrogens with one attached hydrogen (secondary N) is 3. The van der Waals surface area contributed by atoms with Crippen LogP contribution in [-0.2, 0) is 25.3 Å². The Morgan fingerprint density at radius 1 is 1.12 bits per heavy atom. The molecule has 5 N–H and O–H groups in total. The van der Waals surface area contributed by atoms with Crippen LogP contribution >= 0.6 is 11.3 Å². The van der Waals surface area contributed by atoms with Crippen LogP contribution in [0.5, 0.6) is 0 Å². The number of fused-ring (bicyclic) bond motifs is 3. The zero-order valence-corrected chi connectivity index (χ0v) is 24.8. The first-order valence-corrected chi connectivity index (χ1v) is 16.1. The van der Waals surface area contributed by atoms with E-state index in [9.17, 15) is 22.8 Å². The number of thiophene rings is 1. The number of hydrogen-bond acceptors (Lipinski definition) is 7. The second kappa shape index (κ2) is 11.2. The Hall–Kier alpha value is -4.17. The van der Waals surface area contributed by atoms with E-state index in [2.05, 4.69) is 10.6 Å². The van der Waals surface area contributed by atoms with Crippen molar-refractivity contribution >= 4 is 44.7 Å². The maximum atomic E-state index is 15.1. The molecular weight excluding hydrogens is 600 g/mol. The van der Waals surface area contributed by atoms with Crippen molar-refractivity contribution in [1.29, 1.82) is 5.41 Å². The van der Waals surface area contributed by atoms with Crippen molar-refractivity contribution in [2.24, 2.45) is 5.73 Å². The van der Waals surface area contributed by atoms with Gasteiger partial charge in [-0.2, -0.15) is 8.78 Å². The third-order valence-corrected chi connectivity index (χ3v) is 10.5. The number of amides is 3. The molecular formula is C29H29F2N5O5S2. The number of carbonyl (C=O) groups excluding carboxylic acids is 3. The summed E-state index contributed by atoms with van der Waals surface area (Å²) >= 11 is 1.29. The summed E-state index contributed by atoms with van der Waals surface area (Å²) < 4.78 is 54.8. The third kappa shape index (κ3) is 5.76. The molecule has 2 aliphatic rings. The molecule has 10 nitrogen and oxygen atoms in total. The number of carbonyl (C=O) groups is 3. The van der Waals surface area contributed by atoms with Gasteiger partial charge in [0.25, 0.3) is 11.8 Å². The minimum absolute atomic E-state index is 0.0709. The van der Waals surface area contributed by atoms with E-state index in [-0.39, 0.29) is 35.5 Å². The number of hydrogen-bond donors (Lipinski definition) is 4. The van der Waals surface area contributed by atoms with Crippen LogP contribution in [0.2, 0.25) is 0 Å². The van der Waals surface area contributed by atoms with Crippen LogP contribution in [0.15, 0.2) is 53.9 Å². The summed E-state index contributed by atoms with van der Waals surface area (Å²) in [5, 5.41) is 13.5. The van der Waals surface area contributed by atoms with Gasteiger partial charge in [-0.15, -0.1) is 11.3 Å². The average Bonchev–Trinajstić information content (AvgIpc) is 3.68. The number of nitrogens with zero attached hydrogens (tertiary/aromatic N) is 1. The third-order valence-electron chi connectivity index (χ3n) is 7.78. The lowest BCUT2D eigenvalue weighted by atomic mass is 10.0. The SMILES string of the molecule is C[C@@H](NC(=O)[C@@H]1C[C@@H](S(C)(=O)=O)CN1C(=O)CNC(=O)c1ccc2c(c1)C(F)(F)c1ccccc1-2)c1cc(C(=N)N)cs1. The van der Waals surface area contributed by atoms with Gasteiger partial charge in [-0.3, -0.25) is 19.8 Å². The normalized spacial score (nSPS) is 19.3. The molecule has 0 spiro atoms. The van der Waals surface area contributed by atoms with Crippen molar-refractivity contribution < 1.29 is 31.6 Å². The second-order valence-corrected chi connectivity index (χ2v) is 14.0. The molecule has 3 atom stereocenters. The zero-order valence-electron chi connectivity index (χ0n) is 23.2. The summed E-state index contributed by atoms with van der Waals surface area (Å²) in [7, 11) is -3.60. The maximum Gasteiger partial charge on any atom is 0.299 e. The van der Waals surface area contributed by atoms with Crippen molar-refractivity contribution in [3.05, 3.63) is 81.0 Å². The predicted octanol–water partition coefficient (Wildman–Crippen LogP) is 2.77. The molecule has 1 fully saturated rings. The van der Waals surface area contributed by atoms with Crippen LogP contribution < -0.4 is 16.4 Å². The average molecular weight is 630 g/mol.